The van der Waals surface area contributed by atoms with E-state index in [9.17, 15) is 71.2 Å². The van der Waals surface area contributed by atoms with Gasteiger partial charge in [0.2, 0.25) is 24.1 Å². The molecule has 3 aliphatic heterocycles. The van der Waals surface area contributed by atoms with Crippen LogP contribution in [0.2, 0.25) is 0 Å². The Morgan fingerprint density at radius 2 is 1.30 bits per heavy atom. The summed E-state index contributed by atoms with van der Waals surface area (Å²) >= 11 is 0. The molecule has 3 fully saturated rings. The van der Waals surface area contributed by atoms with Gasteiger partial charge >= 0.3 is 17.3 Å². The van der Waals surface area contributed by atoms with Crippen molar-refractivity contribution in [3.05, 3.63) is 66.2 Å². The van der Waals surface area contributed by atoms with Crippen molar-refractivity contribution in [1.29, 1.82) is 0 Å². The molecule has 0 aliphatic carbocycles. The fourth-order valence-corrected chi connectivity index (χ4v) is 7.42. The molecule has 1 aromatic heterocycles. The van der Waals surface area contributed by atoms with Crippen LogP contribution in [0.1, 0.15) is 12.5 Å². The summed E-state index contributed by atoms with van der Waals surface area (Å²) in [5, 5.41) is 137. The fourth-order valence-electron chi connectivity index (χ4n) is 7.42. The molecule has 15 atom stereocenters. The van der Waals surface area contributed by atoms with Gasteiger partial charge in [0, 0.05) is 30.3 Å². The fraction of sp³-hybridized carbons (Fsp3) is 0.442. The number of methoxy groups -OCH3 is 1. The third kappa shape index (κ3) is 10.0. The van der Waals surface area contributed by atoms with Gasteiger partial charge in [0.05, 0.1) is 38.1 Å². The molecule has 0 amide bonds. The van der Waals surface area contributed by atoms with Crippen LogP contribution in [0.4, 0.5) is 0 Å². The van der Waals surface area contributed by atoms with E-state index in [1.165, 1.54) is 44.4 Å². The van der Waals surface area contributed by atoms with Gasteiger partial charge in [-0.2, -0.15) is 0 Å². The number of benzene rings is 3. The number of carbonyl (C=O) groups excluding carboxylic acids is 1. The minimum atomic E-state index is -2.01. The van der Waals surface area contributed by atoms with Crippen molar-refractivity contribution in [3.8, 4) is 51.6 Å². The molecule has 3 unspecified atom stereocenters. The van der Waals surface area contributed by atoms with Crippen molar-refractivity contribution in [1.82, 2.24) is 0 Å². The highest BCUT2D eigenvalue weighted by atomic mass is 16.7. The van der Waals surface area contributed by atoms with Crippen LogP contribution < -0.4 is 14.2 Å². The topological polar surface area (TPSA) is 365 Å². The molecule has 3 saturated heterocycles. The average Bonchev–Trinajstić information content (AvgIpc) is 3.29. The minimum Gasteiger partial charge on any atom is -0.508 e. The molecule has 23 heteroatoms. The van der Waals surface area contributed by atoms with Crippen LogP contribution in [0.15, 0.2) is 65.1 Å². The van der Waals surface area contributed by atoms with Crippen LogP contribution >= 0.6 is 0 Å². The van der Waals surface area contributed by atoms with Crippen LogP contribution in [0.25, 0.3) is 28.4 Å². The summed E-state index contributed by atoms with van der Waals surface area (Å²) in [6.07, 6.45) is -23.0. The number of ether oxygens (including phenoxy) is 8. The van der Waals surface area contributed by atoms with Gasteiger partial charge in [0.25, 0.3) is 0 Å². The van der Waals surface area contributed by atoms with Gasteiger partial charge in [-0.1, -0.05) is 12.1 Å². The molecule has 3 aliphatic rings. The number of hydrogen-bond donors (Lipinski definition) is 13. The number of phenols is 4. The van der Waals surface area contributed by atoms with Crippen molar-refractivity contribution in [3.63, 3.8) is 0 Å². The molecule has 0 bridgehead atoms. The molecule has 23 nitrogen and oxygen atoms in total. The van der Waals surface area contributed by atoms with Crippen LogP contribution in [0, 0.1) is 0 Å². The molecule has 66 heavy (non-hydrogen) atoms. The molecular weight excluding hydrogens is 884 g/mol. The highest BCUT2D eigenvalue weighted by Gasteiger charge is 2.50. The Kier molecular flexibility index (Phi) is 14.7. The third-order valence-electron chi connectivity index (χ3n) is 11.1. The van der Waals surface area contributed by atoms with Crippen molar-refractivity contribution in [2.24, 2.45) is 0 Å². The van der Waals surface area contributed by atoms with E-state index in [-0.39, 0.29) is 45.3 Å². The normalized spacial score (nSPS) is 32.6. The molecular formula is C43H49O23+. The molecule has 4 heterocycles. The van der Waals surface area contributed by atoms with Gasteiger partial charge in [0.1, 0.15) is 83.7 Å². The van der Waals surface area contributed by atoms with Gasteiger partial charge in [-0.3, -0.25) is 0 Å². The number of hydrogen-bond acceptors (Lipinski definition) is 22. The summed E-state index contributed by atoms with van der Waals surface area (Å²) in [6.45, 7) is -0.0302. The average molecular weight is 934 g/mol. The first-order valence-electron chi connectivity index (χ1n) is 20.3. The standard InChI is InChI=1S/C43H48O23/c1-16-39(66-29(48)8-5-17-3-6-19(45)7-4-17)35(54)38(57)41(60-16)59-15-28-32(51)34(53)37(56)43(65-28)63-26-13-21-23(61-40(26)18-9-22(47)30(49)25(10-18)58-2)11-20(46)12-24(21)62-42-36(55)33(52)31(50)27(14-44)64-42/h3-13,16,27-28,31-39,41-44,50-57H,14-15H2,1-2H3,(H3-,45,46,47,48,49)/p+1/t16-,27+,28+,31+,32+,33-,34-,35-,36+,37+,38+,39-,41?,42?,43?/m0/s1. The molecule has 0 saturated carbocycles. The monoisotopic (exact) mass is 933 g/mol. The van der Waals surface area contributed by atoms with E-state index in [1.54, 1.807) is 12.1 Å². The zero-order valence-corrected chi connectivity index (χ0v) is 34.8. The Morgan fingerprint density at radius 1 is 0.682 bits per heavy atom. The van der Waals surface area contributed by atoms with Gasteiger partial charge in [-0.05, 0) is 30.7 Å². The predicted octanol–water partition coefficient (Wildman–Crippen LogP) is -1.31. The lowest BCUT2D eigenvalue weighted by Gasteiger charge is -2.42. The first-order chi connectivity index (χ1) is 31.4. The Labute approximate surface area is 373 Å². The van der Waals surface area contributed by atoms with E-state index < -0.39 is 129 Å². The van der Waals surface area contributed by atoms with Crippen LogP contribution in [-0.4, -0.2) is 185 Å². The Hall–Kier alpha value is -5.64. The first kappa shape index (κ1) is 48.3. The second-order valence-corrected chi connectivity index (χ2v) is 15.6. The Balaban J connectivity index is 1.13. The van der Waals surface area contributed by atoms with Crippen LogP contribution in [0.3, 0.4) is 0 Å². The number of aliphatic hydroxyl groups is 9. The summed E-state index contributed by atoms with van der Waals surface area (Å²) in [6, 6.07) is 11.6. The lowest BCUT2D eigenvalue weighted by atomic mass is 9.98. The van der Waals surface area contributed by atoms with E-state index in [0.29, 0.717) is 5.56 Å². The highest BCUT2D eigenvalue weighted by Crippen LogP contribution is 2.46. The highest BCUT2D eigenvalue weighted by molar-refractivity contribution is 5.89. The number of fused-ring (bicyclic) bond motifs is 1. The number of aliphatic hydroxyl groups excluding tert-OH is 9. The van der Waals surface area contributed by atoms with Gasteiger partial charge in [-0.15, -0.1) is 0 Å². The van der Waals surface area contributed by atoms with Crippen molar-refractivity contribution in [2.45, 2.75) is 99.0 Å². The molecule has 13 N–H and O–H groups in total. The first-order valence-corrected chi connectivity index (χ1v) is 20.3. The van der Waals surface area contributed by atoms with Gasteiger partial charge < -0.3 is 104 Å². The second kappa shape index (κ2) is 20.1. The number of aromatic hydroxyl groups is 4. The Bertz CT molecular complexity index is 2360. The maximum atomic E-state index is 12.6. The van der Waals surface area contributed by atoms with E-state index in [1.807, 2.05) is 0 Å². The minimum absolute atomic E-state index is 0.0232. The number of esters is 1. The zero-order valence-electron chi connectivity index (χ0n) is 34.8. The summed E-state index contributed by atoms with van der Waals surface area (Å²) < 4.78 is 51.3. The van der Waals surface area contributed by atoms with Gasteiger partial charge in [0.15, 0.2) is 23.9 Å². The molecule has 3 aromatic carbocycles. The van der Waals surface area contributed by atoms with E-state index in [4.69, 9.17) is 42.3 Å². The molecule has 0 spiro atoms. The van der Waals surface area contributed by atoms with E-state index >= 15 is 0 Å². The molecule has 358 valence electrons. The van der Waals surface area contributed by atoms with E-state index in [0.717, 1.165) is 24.3 Å². The SMILES string of the molecule is COc1cc(-c2[o+]c3cc(O)cc(OC4O[C@H](CO)[C@@H](O)[C@H](O)[C@H]4O)c3cc2OC2O[C@H](COC3O[C@@H](C)[C@H](OC(=O)C=Cc4ccc(O)cc4)[C@@H](O)[C@H]3O)[C@@H](O)[C@H](O)[C@H]2O)cc(O)c1O. The van der Waals surface area contributed by atoms with Crippen LogP contribution in [-0.2, 0) is 28.5 Å². The maximum Gasteiger partial charge on any atom is 0.402 e. The quantitative estimate of drug-likeness (QED) is 0.0320. The van der Waals surface area contributed by atoms with E-state index in [2.05, 4.69) is 0 Å². The summed E-state index contributed by atoms with van der Waals surface area (Å²) in [7, 11) is 1.20. The number of carbonyl (C=O) groups is 1. The summed E-state index contributed by atoms with van der Waals surface area (Å²) in [5.41, 5.74) is 0.350. The molecule has 4 aromatic rings. The summed E-state index contributed by atoms with van der Waals surface area (Å²) in [5.74, 6) is -3.85. The van der Waals surface area contributed by atoms with Crippen molar-refractivity contribution < 1.29 is 113 Å². The lowest BCUT2D eigenvalue weighted by Crippen LogP contribution is -2.62. The number of rotatable bonds is 13. The smallest absolute Gasteiger partial charge is 0.402 e. The number of phenolic OH excluding ortho intramolecular Hbond substituents is 4. The van der Waals surface area contributed by atoms with Crippen molar-refractivity contribution >= 4 is 23.0 Å². The second-order valence-electron chi connectivity index (χ2n) is 15.6. The molecule has 0 radical (unpaired) electrons. The third-order valence-corrected chi connectivity index (χ3v) is 11.1. The van der Waals surface area contributed by atoms with Crippen LogP contribution in [0.5, 0.6) is 40.2 Å². The summed E-state index contributed by atoms with van der Waals surface area (Å²) in [4.78, 5) is 12.6. The van der Waals surface area contributed by atoms with Gasteiger partial charge in [-0.25, -0.2) is 9.21 Å². The Morgan fingerprint density at radius 3 is 1.95 bits per heavy atom. The lowest BCUT2D eigenvalue weighted by molar-refractivity contribution is -0.319. The zero-order chi connectivity index (χ0) is 47.7. The van der Waals surface area contributed by atoms with Crippen molar-refractivity contribution in [2.75, 3.05) is 20.3 Å². The largest absolute Gasteiger partial charge is 0.508 e. The maximum absolute atomic E-state index is 12.6. The molecule has 7 rings (SSSR count). The predicted molar refractivity (Wildman–Crippen MR) is 219 cm³/mol.